The van der Waals surface area contributed by atoms with Crippen LogP contribution < -0.4 is 5.73 Å². The molecule has 0 aromatic heterocycles. The van der Waals surface area contributed by atoms with Gasteiger partial charge in [0.2, 0.25) is 0 Å². The number of hydrogen-bond acceptors (Lipinski definition) is 1. The van der Waals surface area contributed by atoms with Gasteiger partial charge < -0.3 is 5.73 Å². The van der Waals surface area contributed by atoms with Gasteiger partial charge in [0.1, 0.15) is 0 Å². The molecule has 0 spiro atoms. The second-order valence-corrected chi connectivity index (χ2v) is 4.93. The summed E-state index contributed by atoms with van der Waals surface area (Å²) in [4.78, 5) is 0. The van der Waals surface area contributed by atoms with E-state index in [1.54, 1.807) is 0 Å². The molecule has 0 amide bonds. The van der Waals surface area contributed by atoms with E-state index in [9.17, 15) is 0 Å². The first-order valence-corrected chi connectivity index (χ1v) is 6.08. The smallest absolute Gasteiger partial charge is 0.0210 e. The van der Waals surface area contributed by atoms with E-state index in [1.165, 1.54) is 35.7 Å². The van der Waals surface area contributed by atoms with Crippen LogP contribution in [0.2, 0.25) is 0 Å². The normalized spacial score (nSPS) is 27.6. The van der Waals surface area contributed by atoms with Crippen molar-refractivity contribution in [2.24, 2.45) is 5.73 Å². The molecule has 0 bridgehead atoms. The maximum absolute atomic E-state index is 6.16. The van der Waals surface area contributed by atoms with Gasteiger partial charge in [0.25, 0.3) is 0 Å². The molecule has 14 heavy (non-hydrogen) atoms. The lowest BCUT2D eigenvalue weighted by Gasteiger charge is -2.29. The van der Waals surface area contributed by atoms with Crippen molar-refractivity contribution in [3.63, 3.8) is 0 Å². The molecule has 0 aliphatic heterocycles. The Labute approximate surface area is 93.8 Å². The van der Waals surface area contributed by atoms with Crippen LogP contribution in [-0.2, 0) is 0 Å². The fourth-order valence-corrected chi connectivity index (χ4v) is 2.90. The van der Waals surface area contributed by atoms with Crippen LogP contribution in [0.4, 0.5) is 0 Å². The molecule has 1 aromatic carbocycles. The molecule has 2 heteroatoms. The van der Waals surface area contributed by atoms with Crippen molar-refractivity contribution in [1.82, 2.24) is 0 Å². The van der Waals surface area contributed by atoms with Gasteiger partial charge >= 0.3 is 0 Å². The zero-order valence-electron chi connectivity index (χ0n) is 8.25. The molecule has 2 unspecified atom stereocenters. The summed E-state index contributed by atoms with van der Waals surface area (Å²) >= 11 is 3.60. The fourth-order valence-electron chi connectivity index (χ4n) is 2.32. The van der Waals surface area contributed by atoms with Crippen LogP contribution in [-0.4, -0.2) is 6.04 Å². The number of nitrogens with two attached hydrogens (primary N) is 1. The minimum Gasteiger partial charge on any atom is -0.327 e. The van der Waals surface area contributed by atoms with Gasteiger partial charge in [-0.3, -0.25) is 0 Å². The summed E-state index contributed by atoms with van der Waals surface area (Å²) in [5, 5.41) is 0. The van der Waals surface area contributed by atoms with E-state index in [1.807, 2.05) is 0 Å². The molecule has 1 fully saturated rings. The average Bonchev–Trinajstić information content (AvgIpc) is 2.20. The van der Waals surface area contributed by atoms with Gasteiger partial charge in [-0.25, -0.2) is 0 Å². The number of rotatable bonds is 1. The van der Waals surface area contributed by atoms with Gasteiger partial charge in [-0.1, -0.05) is 47.0 Å². The molecule has 76 valence electrons. The first kappa shape index (κ1) is 10.2. The van der Waals surface area contributed by atoms with Crippen molar-refractivity contribution in [2.75, 3.05) is 0 Å². The lowest BCUT2D eigenvalue weighted by atomic mass is 9.80. The Morgan fingerprint density at radius 3 is 2.57 bits per heavy atom. The maximum Gasteiger partial charge on any atom is 0.0210 e. The van der Waals surface area contributed by atoms with Crippen molar-refractivity contribution in [3.05, 3.63) is 34.3 Å². The predicted molar refractivity (Wildman–Crippen MR) is 63.3 cm³/mol. The van der Waals surface area contributed by atoms with Crippen LogP contribution in [0.25, 0.3) is 0 Å². The average molecular weight is 254 g/mol. The van der Waals surface area contributed by atoms with Crippen molar-refractivity contribution in [3.8, 4) is 0 Å². The monoisotopic (exact) mass is 253 g/mol. The first-order chi connectivity index (χ1) is 6.79. The standard InChI is InChI=1S/C12H16BrN/c13-11-7-3-1-5-9(11)10-6-2-4-8-12(10)14/h1,3,5,7,10,12H,2,4,6,8,14H2. The second-order valence-electron chi connectivity index (χ2n) is 4.08. The summed E-state index contributed by atoms with van der Waals surface area (Å²) in [5.74, 6) is 0.555. The lowest BCUT2D eigenvalue weighted by Crippen LogP contribution is -2.31. The highest BCUT2D eigenvalue weighted by molar-refractivity contribution is 9.10. The molecule has 1 aromatic rings. The number of benzene rings is 1. The number of halogens is 1. The van der Waals surface area contributed by atoms with Gasteiger partial charge in [0.05, 0.1) is 0 Å². The second kappa shape index (κ2) is 4.45. The minimum atomic E-state index is 0.349. The van der Waals surface area contributed by atoms with Gasteiger partial charge in [0.15, 0.2) is 0 Å². The van der Waals surface area contributed by atoms with E-state index in [2.05, 4.69) is 40.2 Å². The van der Waals surface area contributed by atoms with E-state index in [4.69, 9.17) is 5.73 Å². The number of hydrogen-bond donors (Lipinski definition) is 1. The Morgan fingerprint density at radius 2 is 1.86 bits per heavy atom. The summed E-state index contributed by atoms with van der Waals surface area (Å²) in [6, 6.07) is 8.81. The van der Waals surface area contributed by atoms with Crippen LogP contribution in [0, 0.1) is 0 Å². The summed E-state index contributed by atoms with van der Waals surface area (Å²) < 4.78 is 1.21. The highest BCUT2D eigenvalue weighted by atomic mass is 79.9. The van der Waals surface area contributed by atoms with E-state index >= 15 is 0 Å². The van der Waals surface area contributed by atoms with Crippen LogP contribution in [0.1, 0.15) is 37.2 Å². The highest BCUT2D eigenvalue weighted by Crippen LogP contribution is 2.35. The molecule has 0 saturated heterocycles. The van der Waals surface area contributed by atoms with Gasteiger partial charge in [-0.05, 0) is 24.5 Å². The molecular formula is C12H16BrN. The van der Waals surface area contributed by atoms with E-state index in [0.29, 0.717) is 12.0 Å². The van der Waals surface area contributed by atoms with Crippen LogP contribution >= 0.6 is 15.9 Å². The molecule has 0 radical (unpaired) electrons. The Hall–Kier alpha value is -0.340. The summed E-state index contributed by atoms with van der Waals surface area (Å²) in [5.41, 5.74) is 7.55. The molecule has 1 nitrogen and oxygen atoms in total. The van der Waals surface area contributed by atoms with Crippen molar-refractivity contribution in [2.45, 2.75) is 37.6 Å². The third-order valence-electron chi connectivity index (χ3n) is 3.12. The largest absolute Gasteiger partial charge is 0.327 e. The lowest BCUT2D eigenvalue weighted by molar-refractivity contribution is 0.384. The summed E-state index contributed by atoms with van der Waals surface area (Å²) in [7, 11) is 0. The van der Waals surface area contributed by atoms with Crippen molar-refractivity contribution in [1.29, 1.82) is 0 Å². The van der Waals surface area contributed by atoms with E-state index in [0.717, 1.165) is 0 Å². The topological polar surface area (TPSA) is 26.0 Å². The third-order valence-corrected chi connectivity index (χ3v) is 3.85. The van der Waals surface area contributed by atoms with Crippen molar-refractivity contribution >= 4 is 15.9 Å². The maximum atomic E-state index is 6.16. The molecule has 2 atom stereocenters. The van der Waals surface area contributed by atoms with Gasteiger partial charge in [-0.15, -0.1) is 0 Å². The Bertz CT molecular complexity index is 311. The Balaban J connectivity index is 2.25. The SMILES string of the molecule is NC1CCCCC1c1ccccc1Br. The van der Waals surface area contributed by atoms with E-state index in [-0.39, 0.29) is 0 Å². The van der Waals surface area contributed by atoms with E-state index < -0.39 is 0 Å². The summed E-state index contributed by atoms with van der Waals surface area (Å²) in [6.45, 7) is 0. The zero-order valence-corrected chi connectivity index (χ0v) is 9.83. The molecule has 1 aliphatic carbocycles. The van der Waals surface area contributed by atoms with Crippen molar-refractivity contribution < 1.29 is 0 Å². The minimum absolute atomic E-state index is 0.349. The summed E-state index contributed by atoms with van der Waals surface area (Å²) in [6.07, 6.45) is 5.03. The molecule has 1 aliphatic rings. The molecular weight excluding hydrogens is 238 g/mol. The predicted octanol–water partition coefficient (Wildman–Crippen LogP) is 3.43. The molecule has 1 saturated carbocycles. The van der Waals surface area contributed by atoms with Crippen LogP contribution in [0.3, 0.4) is 0 Å². The zero-order chi connectivity index (χ0) is 9.97. The molecule has 2 N–H and O–H groups in total. The van der Waals surface area contributed by atoms with Gasteiger partial charge in [0, 0.05) is 16.4 Å². The van der Waals surface area contributed by atoms with Crippen LogP contribution in [0.15, 0.2) is 28.7 Å². The van der Waals surface area contributed by atoms with Crippen LogP contribution in [0.5, 0.6) is 0 Å². The molecule has 2 rings (SSSR count). The van der Waals surface area contributed by atoms with Gasteiger partial charge in [-0.2, -0.15) is 0 Å². The fraction of sp³-hybridized carbons (Fsp3) is 0.500. The molecule has 0 heterocycles. The highest BCUT2D eigenvalue weighted by Gasteiger charge is 2.24. The quantitative estimate of drug-likeness (QED) is 0.816. The Morgan fingerprint density at radius 1 is 1.14 bits per heavy atom. The Kier molecular flexibility index (Phi) is 3.24. The first-order valence-electron chi connectivity index (χ1n) is 5.29. The third kappa shape index (κ3) is 2.01.